The maximum atomic E-state index is 11.9. The number of hydrogen-bond acceptors (Lipinski definition) is 5. The SMILES string of the molecule is CCOC1CCCN(c2ccc(-c3nc(C)c(C)c(=O)[nH]3)cn2)C1. The van der Waals surface area contributed by atoms with Crippen LogP contribution in [0.25, 0.3) is 11.4 Å². The number of piperidine rings is 1. The summed E-state index contributed by atoms with van der Waals surface area (Å²) in [6.07, 6.45) is 4.27. The van der Waals surface area contributed by atoms with Crippen LogP contribution in [-0.4, -0.2) is 40.8 Å². The third kappa shape index (κ3) is 3.48. The number of nitrogens with zero attached hydrogens (tertiary/aromatic N) is 3. The lowest BCUT2D eigenvalue weighted by Crippen LogP contribution is -2.40. The van der Waals surface area contributed by atoms with Gasteiger partial charge < -0.3 is 14.6 Å². The van der Waals surface area contributed by atoms with Crippen LogP contribution in [0.3, 0.4) is 0 Å². The molecule has 6 nitrogen and oxygen atoms in total. The Hall–Kier alpha value is -2.21. The smallest absolute Gasteiger partial charge is 0.254 e. The summed E-state index contributed by atoms with van der Waals surface area (Å²) < 4.78 is 5.75. The predicted molar refractivity (Wildman–Crippen MR) is 94.4 cm³/mol. The fourth-order valence-electron chi connectivity index (χ4n) is 3.01. The summed E-state index contributed by atoms with van der Waals surface area (Å²) in [7, 11) is 0. The van der Waals surface area contributed by atoms with Crippen molar-refractivity contribution in [2.75, 3.05) is 24.6 Å². The number of aromatic amines is 1. The topological polar surface area (TPSA) is 71.1 Å². The van der Waals surface area contributed by atoms with Crippen molar-refractivity contribution in [2.45, 2.75) is 39.7 Å². The molecule has 24 heavy (non-hydrogen) atoms. The van der Waals surface area contributed by atoms with E-state index in [9.17, 15) is 4.79 Å². The third-order valence-corrected chi connectivity index (χ3v) is 4.52. The number of ether oxygens (including phenoxy) is 1. The fraction of sp³-hybridized carbons (Fsp3) is 0.500. The number of aryl methyl sites for hydroxylation is 1. The second-order valence-corrected chi connectivity index (χ2v) is 6.20. The highest BCUT2D eigenvalue weighted by molar-refractivity contribution is 5.56. The maximum absolute atomic E-state index is 11.9. The zero-order valence-corrected chi connectivity index (χ0v) is 14.5. The van der Waals surface area contributed by atoms with E-state index >= 15 is 0 Å². The van der Waals surface area contributed by atoms with Crippen molar-refractivity contribution < 1.29 is 4.74 Å². The van der Waals surface area contributed by atoms with E-state index in [-0.39, 0.29) is 11.7 Å². The molecule has 3 heterocycles. The molecule has 2 aromatic heterocycles. The Bertz CT molecular complexity index is 753. The van der Waals surface area contributed by atoms with Crippen LogP contribution in [-0.2, 0) is 4.74 Å². The lowest BCUT2D eigenvalue weighted by molar-refractivity contribution is 0.0525. The zero-order chi connectivity index (χ0) is 17.1. The van der Waals surface area contributed by atoms with E-state index < -0.39 is 0 Å². The van der Waals surface area contributed by atoms with Crippen LogP contribution < -0.4 is 10.5 Å². The molecule has 1 unspecified atom stereocenters. The van der Waals surface area contributed by atoms with Gasteiger partial charge in [-0.2, -0.15) is 0 Å². The minimum absolute atomic E-state index is 0.0998. The molecule has 3 rings (SSSR count). The average Bonchev–Trinajstić information content (AvgIpc) is 2.60. The molecule has 0 bridgehead atoms. The number of hydrogen-bond donors (Lipinski definition) is 1. The van der Waals surface area contributed by atoms with Crippen molar-refractivity contribution >= 4 is 5.82 Å². The van der Waals surface area contributed by atoms with Crippen molar-refractivity contribution in [3.63, 3.8) is 0 Å². The van der Waals surface area contributed by atoms with Crippen LogP contribution in [0, 0.1) is 13.8 Å². The first kappa shape index (κ1) is 16.6. The monoisotopic (exact) mass is 328 g/mol. The van der Waals surface area contributed by atoms with Gasteiger partial charge in [0.1, 0.15) is 11.6 Å². The van der Waals surface area contributed by atoms with E-state index in [1.807, 2.05) is 26.0 Å². The number of rotatable bonds is 4. The lowest BCUT2D eigenvalue weighted by Gasteiger charge is -2.33. The number of nitrogens with one attached hydrogen (secondary N) is 1. The molecule has 0 aromatic carbocycles. The second-order valence-electron chi connectivity index (χ2n) is 6.20. The molecule has 1 atom stereocenters. The molecule has 1 saturated heterocycles. The molecule has 1 aliphatic heterocycles. The molecular weight excluding hydrogens is 304 g/mol. The first-order valence-electron chi connectivity index (χ1n) is 8.49. The van der Waals surface area contributed by atoms with Crippen molar-refractivity contribution in [1.29, 1.82) is 0 Å². The van der Waals surface area contributed by atoms with Gasteiger partial charge in [-0.1, -0.05) is 0 Å². The van der Waals surface area contributed by atoms with Crippen LogP contribution in [0.15, 0.2) is 23.1 Å². The molecule has 2 aromatic rings. The standard InChI is InChI=1S/C18H24N4O2/c1-4-24-15-6-5-9-22(11-15)16-8-7-14(10-19-16)17-20-13(3)12(2)18(23)21-17/h7-8,10,15H,4-6,9,11H2,1-3H3,(H,20,21,23). The Morgan fingerprint density at radius 3 is 2.88 bits per heavy atom. The van der Waals surface area contributed by atoms with Gasteiger partial charge in [0, 0.05) is 42.7 Å². The molecule has 128 valence electrons. The largest absolute Gasteiger partial charge is 0.377 e. The van der Waals surface area contributed by atoms with E-state index in [0.29, 0.717) is 11.4 Å². The normalized spacial score (nSPS) is 18.0. The Kier molecular flexibility index (Phi) is 4.94. The average molecular weight is 328 g/mol. The summed E-state index contributed by atoms with van der Waals surface area (Å²) in [5.41, 5.74) is 2.11. The minimum Gasteiger partial charge on any atom is -0.377 e. The summed E-state index contributed by atoms with van der Waals surface area (Å²) in [5.74, 6) is 1.50. The van der Waals surface area contributed by atoms with E-state index in [1.54, 1.807) is 13.1 Å². The Morgan fingerprint density at radius 2 is 2.21 bits per heavy atom. The van der Waals surface area contributed by atoms with Gasteiger partial charge in [0.2, 0.25) is 0 Å². The quantitative estimate of drug-likeness (QED) is 0.933. The highest BCUT2D eigenvalue weighted by atomic mass is 16.5. The molecule has 1 fully saturated rings. The zero-order valence-electron chi connectivity index (χ0n) is 14.5. The Balaban J connectivity index is 1.79. The number of pyridine rings is 1. The number of anilines is 1. The van der Waals surface area contributed by atoms with Gasteiger partial charge in [-0.05, 0) is 45.7 Å². The molecule has 0 aliphatic carbocycles. The summed E-state index contributed by atoms with van der Waals surface area (Å²) >= 11 is 0. The van der Waals surface area contributed by atoms with Crippen LogP contribution >= 0.6 is 0 Å². The first-order chi connectivity index (χ1) is 11.6. The fourth-order valence-corrected chi connectivity index (χ4v) is 3.01. The second kappa shape index (κ2) is 7.13. The van der Waals surface area contributed by atoms with Gasteiger partial charge in [-0.25, -0.2) is 9.97 Å². The van der Waals surface area contributed by atoms with Crippen molar-refractivity contribution in [1.82, 2.24) is 15.0 Å². The molecule has 1 aliphatic rings. The first-order valence-corrected chi connectivity index (χ1v) is 8.49. The van der Waals surface area contributed by atoms with E-state index in [4.69, 9.17) is 4.74 Å². The van der Waals surface area contributed by atoms with Gasteiger partial charge in [0.25, 0.3) is 5.56 Å². The van der Waals surface area contributed by atoms with Crippen molar-refractivity contribution in [3.05, 3.63) is 39.9 Å². The Morgan fingerprint density at radius 1 is 1.38 bits per heavy atom. The summed E-state index contributed by atoms with van der Waals surface area (Å²) in [5, 5.41) is 0. The minimum atomic E-state index is -0.0998. The maximum Gasteiger partial charge on any atom is 0.254 e. The van der Waals surface area contributed by atoms with Gasteiger partial charge in [0.15, 0.2) is 0 Å². The van der Waals surface area contributed by atoms with Gasteiger partial charge in [-0.15, -0.1) is 0 Å². The highest BCUT2D eigenvalue weighted by Gasteiger charge is 2.21. The van der Waals surface area contributed by atoms with E-state index in [1.165, 1.54) is 0 Å². The molecule has 0 amide bonds. The molecule has 1 N–H and O–H groups in total. The Labute approximate surface area is 141 Å². The van der Waals surface area contributed by atoms with E-state index in [2.05, 4.69) is 19.9 Å². The van der Waals surface area contributed by atoms with Crippen LogP contribution in [0.5, 0.6) is 0 Å². The van der Waals surface area contributed by atoms with Gasteiger partial charge in [-0.3, -0.25) is 4.79 Å². The highest BCUT2D eigenvalue weighted by Crippen LogP contribution is 2.22. The predicted octanol–water partition coefficient (Wildman–Crippen LogP) is 2.45. The third-order valence-electron chi connectivity index (χ3n) is 4.52. The van der Waals surface area contributed by atoms with Crippen LogP contribution in [0.2, 0.25) is 0 Å². The molecule has 6 heteroatoms. The molecular formula is C18H24N4O2. The summed E-state index contributed by atoms with van der Waals surface area (Å²) in [6, 6.07) is 3.94. The summed E-state index contributed by atoms with van der Waals surface area (Å²) in [6.45, 7) is 8.27. The van der Waals surface area contributed by atoms with Gasteiger partial charge >= 0.3 is 0 Å². The van der Waals surface area contributed by atoms with Gasteiger partial charge in [0.05, 0.1) is 6.10 Å². The molecule has 0 spiro atoms. The van der Waals surface area contributed by atoms with E-state index in [0.717, 1.165) is 49.6 Å². The lowest BCUT2D eigenvalue weighted by atomic mass is 10.1. The van der Waals surface area contributed by atoms with Crippen LogP contribution in [0.4, 0.5) is 5.82 Å². The molecule has 0 radical (unpaired) electrons. The van der Waals surface area contributed by atoms with Crippen molar-refractivity contribution in [3.8, 4) is 11.4 Å². The van der Waals surface area contributed by atoms with Crippen LogP contribution in [0.1, 0.15) is 31.0 Å². The number of H-pyrrole nitrogens is 1. The summed E-state index contributed by atoms with van der Waals surface area (Å²) in [4.78, 5) is 26.0. The number of aromatic nitrogens is 3. The van der Waals surface area contributed by atoms with Crippen molar-refractivity contribution in [2.24, 2.45) is 0 Å². The molecule has 0 saturated carbocycles.